The van der Waals surface area contributed by atoms with Gasteiger partial charge in [-0.1, -0.05) is 29.8 Å². The van der Waals surface area contributed by atoms with Crippen molar-refractivity contribution in [3.05, 3.63) is 64.0 Å². The first-order valence-electron chi connectivity index (χ1n) is 8.59. The standard InChI is InChI=1S/C18H20N6O4/c1-13-4-3-5-14(10-13)11-22-8-6-16(20-22)19-17(25)7-9-23-12-15(24(26)27)18(21-23)28-2/h3-6,8,10,12H,7,9,11H2,1-2H3,(H,19,20,25). The summed E-state index contributed by atoms with van der Waals surface area (Å²) >= 11 is 0. The molecule has 1 amide bonds. The summed E-state index contributed by atoms with van der Waals surface area (Å²) in [4.78, 5) is 22.5. The summed E-state index contributed by atoms with van der Waals surface area (Å²) in [5, 5.41) is 21.9. The van der Waals surface area contributed by atoms with Gasteiger partial charge in [-0.05, 0) is 12.5 Å². The Morgan fingerprint density at radius 2 is 2.11 bits per heavy atom. The molecule has 10 nitrogen and oxygen atoms in total. The number of carbonyl (C=O) groups is 1. The molecule has 0 spiro atoms. The molecule has 2 aromatic heterocycles. The van der Waals surface area contributed by atoms with E-state index in [1.54, 1.807) is 16.9 Å². The zero-order valence-corrected chi connectivity index (χ0v) is 15.5. The number of ether oxygens (including phenoxy) is 1. The second-order valence-corrected chi connectivity index (χ2v) is 6.23. The Kier molecular flexibility index (Phi) is 5.68. The van der Waals surface area contributed by atoms with Gasteiger partial charge in [0.2, 0.25) is 5.91 Å². The Hall–Kier alpha value is -3.69. The van der Waals surface area contributed by atoms with Gasteiger partial charge in [0.15, 0.2) is 5.82 Å². The smallest absolute Gasteiger partial charge is 0.350 e. The van der Waals surface area contributed by atoms with E-state index in [0.717, 1.165) is 5.56 Å². The molecular weight excluding hydrogens is 364 g/mol. The Morgan fingerprint density at radius 1 is 1.29 bits per heavy atom. The molecule has 0 fully saturated rings. The third-order valence-corrected chi connectivity index (χ3v) is 4.00. The van der Waals surface area contributed by atoms with E-state index in [-0.39, 0.29) is 30.4 Å². The van der Waals surface area contributed by atoms with E-state index in [2.05, 4.69) is 21.6 Å². The van der Waals surface area contributed by atoms with Gasteiger partial charge < -0.3 is 10.1 Å². The molecule has 0 saturated carbocycles. The van der Waals surface area contributed by atoms with Crippen molar-refractivity contribution >= 4 is 17.4 Å². The lowest BCUT2D eigenvalue weighted by Crippen LogP contribution is -2.15. The number of carbonyl (C=O) groups excluding carboxylic acids is 1. The molecule has 0 saturated heterocycles. The van der Waals surface area contributed by atoms with E-state index in [9.17, 15) is 14.9 Å². The van der Waals surface area contributed by atoms with Gasteiger partial charge in [0.1, 0.15) is 6.20 Å². The van der Waals surface area contributed by atoms with Gasteiger partial charge in [-0.3, -0.25) is 24.3 Å². The summed E-state index contributed by atoms with van der Waals surface area (Å²) in [5.74, 6) is 0.0971. The van der Waals surface area contributed by atoms with Gasteiger partial charge in [0, 0.05) is 18.7 Å². The number of nitrogens with zero attached hydrogens (tertiary/aromatic N) is 5. The quantitative estimate of drug-likeness (QED) is 0.471. The fourth-order valence-electron chi connectivity index (χ4n) is 2.71. The van der Waals surface area contributed by atoms with Crippen LogP contribution in [0.15, 0.2) is 42.7 Å². The monoisotopic (exact) mass is 384 g/mol. The van der Waals surface area contributed by atoms with Crippen LogP contribution >= 0.6 is 0 Å². The van der Waals surface area contributed by atoms with Crippen molar-refractivity contribution in [3.63, 3.8) is 0 Å². The minimum atomic E-state index is -0.580. The molecule has 1 N–H and O–H groups in total. The molecule has 0 unspecified atom stereocenters. The SMILES string of the molecule is COc1nn(CCC(=O)Nc2ccn(Cc3cccc(C)c3)n2)cc1[N+](=O)[O-]. The number of aryl methyl sites for hydroxylation is 2. The van der Waals surface area contributed by atoms with Gasteiger partial charge >= 0.3 is 11.6 Å². The maximum Gasteiger partial charge on any atom is 0.350 e. The summed E-state index contributed by atoms with van der Waals surface area (Å²) in [6, 6.07) is 9.84. The average Bonchev–Trinajstić information content (AvgIpc) is 3.26. The molecule has 0 atom stereocenters. The first-order valence-corrected chi connectivity index (χ1v) is 8.59. The Balaban J connectivity index is 1.54. The minimum absolute atomic E-state index is 0.0831. The van der Waals surface area contributed by atoms with Crippen LogP contribution < -0.4 is 10.1 Å². The number of nitrogens with one attached hydrogen (secondary N) is 1. The van der Waals surface area contributed by atoms with Crippen molar-refractivity contribution in [2.24, 2.45) is 0 Å². The number of anilines is 1. The zero-order chi connectivity index (χ0) is 20.1. The highest BCUT2D eigenvalue weighted by atomic mass is 16.6. The third kappa shape index (κ3) is 4.72. The second-order valence-electron chi connectivity index (χ2n) is 6.23. The number of rotatable bonds is 8. The highest BCUT2D eigenvalue weighted by molar-refractivity contribution is 5.89. The van der Waals surface area contributed by atoms with Crippen molar-refractivity contribution in [1.82, 2.24) is 19.6 Å². The summed E-state index contributed by atoms with van der Waals surface area (Å²) in [5.41, 5.74) is 2.06. The molecule has 0 aliphatic rings. The summed E-state index contributed by atoms with van der Waals surface area (Å²) < 4.78 is 7.92. The van der Waals surface area contributed by atoms with Crippen molar-refractivity contribution < 1.29 is 14.5 Å². The number of methoxy groups -OCH3 is 1. The van der Waals surface area contributed by atoms with Crippen LogP contribution in [0.5, 0.6) is 5.88 Å². The van der Waals surface area contributed by atoms with Gasteiger partial charge in [-0.25, -0.2) is 0 Å². The molecule has 1 aromatic carbocycles. The fourth-order valence-corrected chi connectivity index (χ4v) is 2.71. The molecule has 28 heavy (non-hydrogen) atoms. The fraction of sp³-hybridized carbons (Fsp3) is 0.278. The van der Waals surface area contributed by atoms with Gasteiger partial charge in [-0.2, -0.15) is 5.10 Å². The van der Waals surface area contributed by atoms with Gasteiger partial charge in [0.05, 0.1) is 25.1 Å². The lowest BCUT2D eigenvalue weighted by atomic mass is 10.1. The highest BCUT2D eigenvalue weighted by Gasteiger charge is 2.20. The number of benzene rings is 1. The van der Waals surface area contributed by atoms with Crippen LogP contribution in [0.1, 0.15) is 17.5 Å². The predicted octanol–water partition coefficient (Wildman–Crippen LogP) is 2.38. The van der Waals surface area contributed by atoms with E-state index in [1.807, 2.05) is 25.1 Å². The molecule has 0 aliphatic carbocycles. The third-order valence-electron chi connectivity index (χ3n) is 4.00. The number of hydrogen-bond donors (Lipinski definition) is 1. The van der Waals surface area contributed by atoms with E-state index >= 15 is 0 Å². The lowest BCUT2D eigenvalue weighted by Gasteiger charge is -2.04. The van der Waals surface area contributed by atoms with Crippen LogP contribution in [0, 0.1) is 17.0 Å². The Bertz CT molecular complexity index is 994. The lowest BCUT2D eigenvalue weighted by molar-refractivity contribution is -0.385. The predicted molar refractivity (Wildman–Crippen MR) is 101 cm³/mol. The van der Waals surface area contributed by atoms with Crippen molar-refractivity contribution in [2.75, 3.05) is 12.4 Å². The molecule has 0 aliphatic heterocycles. The molecule has 146 valence electrons. The van der Waals surface area contributed by atoms with Crippen LogP contribution in [-0.4, -0.2) is 37.5 Å². The second kappa shape index (κ2) is 8.33. The van der Waals surface area contributed by atoms with Crippen molar-refractivity contribution in [2.45, 2.75) is 26.4 Å². The van der Waals surface area contributed by atoms with Gasteiger partial charge in [-0.15, -0.1) is 5.10 Å². The normalized spacial score (nSPS) is 10.6. The molecule has 0 bridgehead atoms. The van der Waals surface area contributed by atoms with Gasteiger partial charge in [0.25, 0.3) is 0 Å². The number of nitro groups is 1. The van der Waals surface area contributed by atoms with Crippen molar-refractivity contribution in [1.29, 1.82) is 0 Å². The van der Waals surface area contributed by atoms with Crippen LogP contribution in [0.3, 0.4) is 0 Å². The Morgan fingerprint density at radius 3 is 2.79 bits per heavy atom. The molecular formula is C18H20N6O4. The minimum Gasteiger partial charge on any atom is -0.475 e. The van der Waals surface area contributed by atoms with Crippen LogP contribution in [0.4, 0.5) is 11.5 Å². The van der Waals surface area contributed by atoms with Crippen LogP contribution in [-0.2, 0) is 17.9 Å². The van der Waals surface area contributed by atoms with E-state index in [4.69, 9.17) is 4.74 Å². The molecule has 0 radical (unpaired) electrons. The number of aromatic nitrogens is 4. The molecule has 2 heterocycles. The Labute approximate surface area is 160 Å². The first kappa shape index (κ1) is 19.1. The van der Waals surface area contributed by atoms with Crippen LogP contribution in [0.2, 0.25) is 0 Å². The molecule has 10 heteroatoms. The summed E-state index contributed by atoms with van der Waals surface area (Å²) in [7, 11) is 1.31. The number of hydrogen-bond acceptors (Lipinski definition) is 6. The molecule has 3 aromatic rings. The summed E-state index contributed by atoms with van der Waals surface area (Å²) in [6.45, 7) is 2.82. The topological polar surface area (TPSA) is 117 Å². The van der Waals surface area contributed by atoms with E-state index in [1.165, 1.54) is 23.6 Å². The van der Waals surface area contributed by atoms with E-state index < -0.39 is 4.92 Å². The number of amides is 1. The largest absolute Gasteiger partial charge is 0.475 e. The maximum atomic E-state index is 12.1. The highest BCUT2D eigenvalue weighted by Crippen LogP contribution is 2.24. The average molecular weight is 384 g/mol. The van der Waals surface area contributed by atoms with E-state index in [0.29, 0.717) is 12.4 Å². The van der Waals surface area contributed by atoms with Crippen LogP contribution in [0.25, 0.3) is 0 Å². The first-order chi connectivity index (χ1) is 13.4. The maximum absolute atomic E-state index is 12.1. The zero-order valence-electron chi connectivity index (χ0n) is 15.5. The summed E-state index contributed by atoms with van der Waals surface area (Å²) in [6.07, 6.45) is 3.12. The van der Waals surface area contributed by atoms with Crippen molar-refractivity contribution in [3.8, 4) is 5.88 Å². The molecule has 3 rings (SSSR count).